The largest absolute Gasteiger partial charge is 0.303 e. The summed E-state index contributed by atoms with van der Waals surface area (Å²) in [5.74, 6) is 0.821. The monoisotopic (exact) mass is 328 g/mol. The highest BCUT2D eigenvalue weighted by Gasteiger charge is 2.16. The normalized spacial score (nSPS) is 11.7. The van der Waals surface area contributed by atoms with Crippen molar-refractivity contribution in [2.45, 2.75) is 38.5 Å². The Kier molecular flexibility index (Phi) is 8.35. The van der Waals surface area contributed by atoms with Crippen molar-refractivity contribution in [1.29, 1.82) is 0 Å². The Hall–Kier alpha value is -1.87. The minimum Gasteiger partial charge on any atom is -0.303 e. The first-order valence-electron chi connectivity index (χ1n) is 7.81. The van der Waals surface area contributed by atoms with Gasteiger partial charge in [0.15, 0.2) is 5.78 Å². The Labute approximate surface area is 143 Å². The molecule has 0 spiro atoms. The number of thioether (sulfide) groups is 1. The van der Waals surface area contributed by atoms with Gasteiger partial charge in [-0.1, -0.05) is 44.7 Å². The number of ketones is 1. The summed E-state index contributed by atoms with van der Waals surface area (Å²) in [7, 11) is 0. The summed E-state index contributed by atoms with van der Waals surface area (Å²) >= 11 is 1.67. The Bertz CT molecular complexity index is 639. The molecule has 2 nitrogen and oxygen atoms in total. The first-order valence-corrected chi connectivity index (χ1v) is 8.80. The van der Waals surface area contributed by atoms with E-state index < -0.39 is 0 Å². The molecular formula is C20H24O2S. The van der Waals surface area contributed by atoms with Crippen LogP contribution in [-0.4, -0.2) is 17.8 Å². The van der Waals surface area contributed by atoms with Crippen LogP contribution < -0.4 is 0 Å². The fourth-order valence-electron chi connectivity index (χ4n) is 2.08. The summed E-state index contributed by atoms with van der Waals surface area (Å²) in [5.41, 5.74) is 2.64. The fraction of sp³-hybridized carbons (Fsp3) is 0.300. The second kappa shape index (κ2) is 10.0. The first kappa shape index (κ1) is 19.2. The van der Waals surface area contributed by atoms with Gasteiger partial charge in [0, 0.05) is 22.5 Å². The maximum Gasteiger partial charge on any atom is 0.193 e. The zero-order chi connectivity index (χ0) is 17.2. The topological polar surface area (TPSA) is 34.1 Å². The molecule has 1 aromatic carbocycles. The van der Waals surface area contributed by atoms with Gasteiger partial charge in [-0.2, -0.15) is 0 Å². The van der Waals surface area contributed by atoms with Crippen LogP contribution in [-0.2, 0) is 11.2 Å². The summed E-state index contributed by atoms with van der Waals surface area (Å²) in [5, 5.41) is 0. The van der Waals surface area contributed by atoms with Gasteiger partial charge in [0.05, 0.1) is 0 Å². The van der Waals surface area contributed by atoms with E-state index in [1.165, 1.54) is 0 Å². The highest BCUT2D eigenvalue weighted by Crippen LogP contribution is 2.25. The molecule has 0 amide bonds. The number of hydrogen-bond acceptors (Lipinski definition) is 3. The average molecular weight is 328 g/mol. The zero-order valence-electron chi connectivity index (χ0n) is 14.1. The standard InChI is InChI=1S/C20H24O2S/c1-5-7-8-9-15(3)16(4)20(22)19-14-18(23-6-2)11-10-17(19)12-13-21/h7-11,13-14H,4-6,12H2,1-3H3/b8-7-,15-9-. The summed E-state index contributed by atoms with van der Waals surface area (Å²) in [6.07, 6.45) is 7.87. The summed E-state index contributed by atoms with van der Waals surface area (Å²) in [6, 6.07) is 5.69. The number of benzene rings is 1. The van der Waals surface area contributed by atoms with Gasteiger partial charge >= 0.3 is 0 Å². The molecule has 0 bridgehead atoms. The fourth-order valence-corrected chi connectivity index (χ4v) is 2.78. The number of aldehydes is 1. The Balaban J connectivity index is 3.15. The minimum absolute atomic E-state index is 0.112. The lowest BCUT2D eigenvalue weighted by atomic mass is 9.94. The smallest absolute Gasteiger partial charge is 0.193 e. The maximum atomic E-state index is 12.8. The minimum atomic E-state index is -0.112. The van der Waals surface area contributed by atoms with Crippen molar-refractivity contribution in [3.8, 4) is 0 Å². The molecule has 0 fully saturated rings. The number of carbonyl (C=O) groups is 2. The van der Waals surface area contributed by atoms with Gasteiger partial charge in [0.2, 0.25) is 0 Å². The van der Waals surface area contributed by atoms with Gasteiger partial charge in [0.1, 0.15) is 6.29 Å². The van der Waals surface area contributed by atoms with E-state index in [0.29, 0.717) is 11.1 Å². The van der Waals surface area contributed by atoms with Crippen molar-refractivity contribution in [3.05, 3.63) is 65.3 Å². The number of carbonyl (C=O) groups excluding carboxylic acids is 2. The maximum absolute atomic E-state index is 12.8. The average Bonchev–Trinajstić information content (AvgIpc) is 2.55. The van der Waals surface area contributed by atoms with E-state index in [0.717, 1.165) is 34.5 Å². The molecule has 0 aliphatic rings. The third-order valence-corrected chi connectivity index (χ3v) is 4.28. The van der Waals surface area contributed by atoms with Gasteiger partial charge in [-0.25, -0.2) is 0 Å². The van der Waals surface area contributed by atoms with Gasteiger partial charge in [-0.05, 0) is 42.4 Å². The molecule has 0 N–H and O–H groups in total. The van der Waals surface area contributed by atoms with E-state index in [9.17, 15) is 9.59 Å². The Morgan fingerprint density at radius 3 is 2.65 bits per heavy atom. The third kappa shape index (κ3) is 5.68. The lowest BCUT2D eigenvalue weighted by Crippen LogP contribution is -2.08. The highest BCUT2D eigenvalue weighted by atomic mass is 32.2. The van der Waals surface area contributed by atoms with Crippen LogP contribution in [0.1, 0.15) is 43.1 Å². The molecule has 3 heteroatoms. The number of Topliss-reactive ketones (excluding diaryl/α,β-unsaturated/α-hetero) is 1. The molecule has 0 atom stereocenters. The highest BCUT2D eigenvalue weighted by molar-refractivity contribution is 7.99. The van der Waals surface area contributed by atoms with Crippen molar-refractivity contribution in [1.82, 2.24) is 0 Å². The molecule has 0 saturated heterocycles. The van der Waals surface area contributed by atoms with Crippen LogP contribution in [0.15, 0.2) is 59.0 Å². The van der Waals surface area contributed by atoms with E-state index in [1.54, 1.807) is 11.8 Å². The van der Waals surface area contributed by atoms with Crippen molar-refractivity contribution in [2.75, 3.05) is 5.75 Å². The molecule has 0 aliphatic heterocycles. The van der Waals surface area contributed by atoms with Crippen LogP contribution >= 0.6 is 11.8 Å². The van der Waals surface area contributed by atoms with Crippen LogP contribution in [0.5, 0.6) is 0 Å². The van der Waals surface area contributed by atoms with E-state index >= 15 is 0 Å². The van der Waals surface area contributed by atoms with E-state index in [-0.39, 0.29) is 12.2 Å². The molecule has 0 aliphatic carbocycles. The van der Waals surface area contributed by atoms with Crippen LogP contribution in [0, 0.1) is 0 Å². The van der Waals surface area contributed by atoms with Gasteiger partial charge < -0.3 is 4.79 Å². The third-order valence-electron chi connectivity index (χ3n) is 3.41. The molecule has 23 heavy (non-hydrogen) atoms. The van der Waals surface area contributed by atoms with Crippen LogP contribution in [0.25, 0.3) is 0 Å². The zero-order valence-corrected chi connectivity index (χ0v) is 14.9. The molecule has 0 heterocycles. The van der Waals surface area contributed by atoms with Gasteiger partial charge in [0.25, 0.3) is 0 Å². The molecular weight excluding hydrogens is 304 g/mol. The Morgan fingerprint density at radius 1 is 1.30 bits per heavy atom. The summed E-state index contributed by atoms with van der Waals surface area (Å²) in [4.78, 5) is 24.7. The molecule has 0 radical (unpaired) electrons. The molecule has 0 aromatic heterocycles. The van der Waals surface area contributed by atoms with E-state index in [4.69, 9.17) is 0 Å². The van der Waals surface area contributed by atoms with Crippen molar-refractivity contribution < 1.29 is 9.59 Å². The molecule has 1 aromatic rings. The summed E-state index contributed by atoms with van der Waals surface area (Å²) < 4.78 is 0. The lowest BCUT2D eigenvalue weighted by molar-refractivity contribution is -0.107. The molecule has 1 rings (SSSR count). The molecule has 0 saturated carbocycles. The first-order chi connectivity index (χ1) is 11.0. The van der Waals surface area contributed by atoms with Crippen molar-refractivity contribution in [3.63, 3.8) is 0 Å². The van der Waals surface area contributed by atoms with Gasteiger partial charge in [-0.15, -0.1) is 11.8 Å². The predicted octanol–water partition coefficient (Wildman–Crippen LogP) is 5.19. The van der Waals surface area contributed by atoms with Crippen LogP contribution in [0.4, 0.5) is 0 Å². The SMILES string of the molecule is C=C(C(=O)c1cc(SCC)ccc1CC=O)/C(C)=C\C=C/CC. The molecule has 122 valence electrons. The summed E-state index contributed by atoms with van der Waals surface area (Å²) in [6.45, 7) is 9.94. The number of allylic oxidation sites excluding steroid dienone is 5. The van der Waals surface area contributed by atoms with Crippen LogP contribution in [0.2, 0.25) is 0 Å². The quantitative estimate of drug-likeness (QED) is 0.206. The lowest BCUT2D eigenvalue weighted by Gasteiger charge is -2.11. The number of hydrogen-bond donors (Lipinski definition) is 0. The van der Waals surface area contributed by atoms with Crippen molar-refractivity contribution in [2.24, 2.45) is 0 Å². The Morgan fingerprint density at radius 2 is 2.04 bits per heavy atom. The van der Waals surface area contributed by atoms with Crippen LogP contribution in [0.3, 0.4) is 0 Å². The van der Waals surface area contributed by atoms with Gasteiger partial charge in [-0.3, -0.25) is 4.79 Å². The van der Waals surface area contributed by atoms with E-state index in [1.807, 2.05) is 43.4 Å². The van der Waals surface area contributed by atoms with E-state index in [2.05, 4.69) is 20.4 Å². The van der Waals surface area contributed by atoms with Crippen molar-refractivity contribution >= 4 is 23.8 Å². The second-order valence-corrected chi connectivity index (χ2v) is 6.45. The molecule has 0 unspecified atom stereocenters. The predicted molar refractivity (Wildman–Crippen MR) is 99.3 cm³/mol. The number of rotatable bonds is 9. The second-order valence-electron chi connectivity index (χ2n) is 5.12.